The molecule has 3 nitrogen and oxygen atoms in total. The number of amides is 1. The minimum absolute atomic E-state index is 0.0551. The summed E-state index contributed by atoms with van der Waals surface area (Å²) in [5.41, 5.74) is 4.13. The van der Waals surface area contributed by atoms with Crippen molar-refractivity contribution in [3.8, 4) is 0 Å². The summed E-state index contributed by atoms with van der Waals surface area (Å²) in [6, 6.07) is 14.0. The Morgan fingerprint density at radius 3 is 2.70 bits per heavy atom. The van der Waals surface area contributed by atoms with Crippen molar-refractivity contribution < 1.29 is 4.79 Å². The fraction of sp³-hybridized carbons (Fsp3) is 0.188. The number of aryl methyl sites for hydroxylation is 1. The Balaban J connectivity index is 2.17. The van der Waals surface area contributed by atoms with Crippen LogP contribution in [0.25, 0.3) is 0 Å². The molecule has 102 valence electrons. The predicted molar refractivity (Wildman–Crippen MR) is 84.2 cm³/mol. The van der Waals surface area contributed by atoms with Crippen LogP contribution in [0.5, 0.6) is 0 Å². The van der Waals surface area contributed by atoms with Crippen LogP contribution in [0.3, 0.4) is 0 Å². The highest BCUT2D eigenvalue weighted by Crippen LogP contribution is 2.35. The van der Waals surface area contributed by atoms with Crippen molar-refractivity contribution in [3.63, 3.8) is 0 Å². The molecule has 1 amide bonds. The van der Waals surface area contributed by atoms with E-state index in [2.05, 4.69) is 27.3 Å². The molecule has 2 aromatic rings. The van der Waals surface area contributed by atoms with E-state index in [0.29, 0.717) is 13.1 Å². The Labute approximate surface area is 126 Å². The summed E-state index contributed by atoms with van der Waals surface area (Å²) in [5, 5.41) is 3.18. The molecule has 0 spiro atoms. The van der Waals surface area contributed by atoms with Gasteiger partial charge in [0.25, 0.3) is 0 Å². The number of hydrogen-bond donors (Lipinski definition) is 1. The van der Waals surface area contributed by atoms with Crippen molar-refractivity contribution >= 4 is 33.2 Å². The number of halogens is 1. The fourth-order valence-corrected chi connectivity index (χ4v) is 3.12. The van der Waals surface area contributed by atoms with E-state index in [1.54, 1.807) is 4.90 Å². The van der Waals surface area contributed by atoms with Crippen molar-refractivity contribution in [2.24, 2.45) is 0 Å². The average molecular weight is 331 g/mol. The van der Waals surface area contributed by atoms with Gasteiger partial charge >= 0.3 is 0 Å². The van der Waals surface area contributed by atoms with Crippen LogP contribution in [0.1, 0.15) is 11.1 Å². The quantitative estimate of drug-likeness (QED) is 0.867. The molecule has 20 heavy (non-hydrogen) atoms. The Morgan fingerprint density at radius 1 is 1.10 bits per heavy atom. The zero-order valence-corrected chi connectivity index (χ0v) is 12.8. The molecule has 4 heteroatoms. The molecule has 0 saturated heterocycles. The van der Waals surface area contributed by atoms with Crippen LogP contribution in [-0.2, 0) is 11.3 Å². The lowest BCUT2D eigenvalue weighted by atomic mass is 10.1. The number of nitrogens with zero attached hydrogens (tertiary/aromatic N) is 1. The second-order valence-corrected chi connectivity index (χ2v) is 5.77. The summed E-state index contributed by atoms with van der Waals surface area (Å²) in [6.45, 7) is 3.09. The van der Waals surface area contributed by atoms with E-state index in [9.17, 15) is 4.79 Å². The number of fused-ring (bicyclic) bond motifs is 1. The standard InChI is InChI=1S/C16H15BrN2O/c1-11-6-7-15(13(17)8-11)19-14-5-3-2-4-12(14)9-18-10-16(19)20/h2-8,18H,9-10H2,1H3. The lowest BCUT2D eigenvalue weighted by molar-refractivity contribution is -0.117. The van der Waals surface area contributed by atoms with Gasteiger partial charge in [0.2, 0.25) is 5.91 Å². The first-order chi connectivity index (χ1) is 9.66. The molecule has 1 aliphatic rings. The first-order valence-corrected chi connectivity index (χ1v) is 7.34. The van der Waals surface area contributed by atoms with Crippen molar-refractivity contribution in [2.75, 3.05) is 11.4 Å². The number of carbonyl (C=O) groups is 1. The largest absolute Gasteiger partial charge is 0.304 e. The summed E-state index contributed by atoms with van der Waals surface area (Å²) in [4.78, 5) is 14.2. The molecular weight excluding hydrogens is 316 g/mol. The minimum Gasteiger partial charge on any atom is -0.304 e. The predicted octanol–water partition coefficient (Wildman–Crippen LogP) is 3.53. The van der Waals surface area contributed by atoms with Crippen molar-refractivity contribution in [2.45, 2.75) is 13.5 Å². The van der Waals surface area contributed by atoms with Gasteiger partial charge in [-0.3, -0.25) is 9.69 Å². The second kappa shape index (κ2) is 5.38. The molecule has 0 aromatic heterocycles. The maximum Gasteiger partial charge on any atom is 0.245 e. The summed E-state index contributed by atoms with van der Waals surface area (Å²) in [7, 11) is 0. The smallest absolute Gasteiger partial charge is 0.245 e. The number of nitrogens with one attached hydrogen (secondary N) is 1. The monoisotopic (exact) mass is 330 g/mol. The van der Waals surface area contributed by atoms with Gasteiger partial charge in [-0.05, 0) is 52.2 Å². The lowest BCUT2D eigenvalue weighted by Crippen LogP contribution is -2.32. The molecule has 0 atom stereocenters. The number of hydrogen-bond acceptors (Lipinski definition) is 2. The highest BCUT2D eigenvalue weighted by atomic mass is 79.9. The van der Waals surface area contributed by atoms with Gasteiger partial charge in [-0.25, -0.2) is 0 Å². The van der Waals surface area contributed by atoms with Gasteiger partial charge < -0.3 is 5.32 Å². The summed E-state index contributed by atoms with van der Waals surface area (Å²) in [5.74, 6) is 0.0551. The van der Waals surface area contributed by atoms with Crippen LogP contribution >= 0.6 is 15.9 Å². The van der Waals surface area contributed by atoms with E-state index < -0.39 is 0 Å². The molecule has 2 aromatic carbocycles. The highest BCUT2D eigenvalue weighted by Gasteiger charge is 2.24. The second-order valence-electron chi connectivity index (χ2n) is 4.92. The third kappa shape index (κ3) is 2.37. The first-order valence-electron chi connectivity index (χ1n) is 6.54. The SMILES string of the molecule is Cc1ccc(N2C(=O)CNCc3ccccc32)c(Br)c1. The van der Waals surface area contributed by atoms with Crippen LogP contribution in [0.2, 0.25) is 0 Å². The molecule has 1 heterocycles. The first kappa shape index (κ1) is 13.3. The molecule has 0 unspecified atom stereocenters. The van der Waals surface area contributed by atoms with E-state index >= 15 is 0 Å². The van der Waals surface area contributed by atoms with Crippen molar-refractivity contribution in [1.82, 2.24) is 5.32 Å². The fourth-order valence-electron chi connectivity index (χ4n) is 2.45. The molecule has 0 radical (unpaired) electrons. The Kier molecular flexibility index (Phi) is 3.59. The van der Waals surface area contributed by atoms with Crippen molar-refractivity contribution in [3.05, 3.63) is 58.1 Å². The normalized spacial score (nSPS) is 14.9. The van der Waals surface area contributed by atoms with Crippen LogP contribution in [0.15, 0.2) is 46.9 Å². The summed E-state index contributed by atoms with van der Waals surface area (Å²) >= 11 is 3.57. The molecule has 3 rings (SSSR count). The molecule has 0 saturated carbocycles. The number of para-hydroxylation sites is 1. The molecule has 1 N–H and O–H groups in total. The highest BCUT2D eigenvalue weighted by molar-refractivity contribution is 9.10. The average Bonchev–Trinajstić information content (AvgIpc) is 2.58. The molecule has 0 bridgehead atoms. The van der Waals surface area contributed by atoms with Crippen LogP contribution in [0, 0.1) is 6.92 Å². The van der Waals surface area contributed by atoms with Crippen LogP contribution < -0.4 is 10.2 Å². The molecule has 1 aliphatic heterocycles. The summed E-state index contributed by atoms with van der Waals surface area (Å²) < 4.78 is 0.933. The van der Waals surface area contributed by atoms with Gasteiger partial charge in [0.1, 0.15) is 0 Å². The van der Waals surface area contributed by atoms with Gasteiger partial charge in [0.15, 0.2) is 0 Å². The number of carbonyl (C=O) groups excluding carboxylic acids is 1. The van der Waals surface area contributed by atoms with Gasteiger partial charge in [0, 0.05) is 11.0 Å². The van der Waals surface area contributed by atoms with E-state index in [-0.39, 0.29) is 5.91 Å². The minimum atomic E-state index is 0.0551. The van der Waals surface area contributed by atoms with E-state index in [1.165, 1.54) is 0 Å². The van der Waals surface area contributed by atoms with Crippen LogP contribution in [-0.4, -0.2) is 12.5 Å². The zero-order chi connectivity index (χ0) is 14.1. The van der Waals surface area contributed by atoms with Gasteiger partial charge in [-0.15, -0.1) is 0 Å². The van der Waals surface area contributed by atoms with Crippen molar-refractivity contribution in [1.29, 1.82) is 0 Å². The van der Waals surface area contributed by atoms with Gasteiger partial charge in [-0.2, -0.15) is 0 Å². The Hall–Kier alpha value is -1.65. The Morgan fingerprint density at radius 2 is 1.90 bits per heavy atom. The Bertz CT molecular complexity index is 669. The molecular formula is C16H15BrN2O. The lowest BCUT2D eigenvalue weighted by Gasteiger charge is -2.24. The number of rotatable bonds is 1. The molecule has 0 fully saturated rings. The third-order valence-corrected chi connectivity index (χ3v) is 4.05. The van der Waals surface area contributed by atoms with E-state index in [1.807, 2.05) is 43.3 Å². The molecule has 0 aliphatic carbocycles. The summed E-state index contributed by atoms with van der Waals surface area (Å²) in [6.07, 6.45) is 0. The van der Waals surface area contributed by atoms with Gasteiger partial charge in [-0.1, -0.05) is 24.3 Å². The van der Waals surface area contributed by atoms with E-state index in [4.69, 9.17) is 0 Å². The maximum absolute atomic E-state index is 12.5. The van der Waals surface area contributed by atoms with E-state index in [0.717, 1.165) is 27.0 Å². The number of benzene rings is 2. The topological polar surface area (TPSA) is 32.3 Å². The maximum atomic E-state index is 12.5. The zero-order valence-electron chi connectivity index (χ0n) is 11.2. The third-order valence-electron chi connectivity index (χ3n) is 3.42. The number of anilines is 2. The van der Waals surface area contributed by atoms with Crippen LogP contribution in [0.4, 0.5) is 11.4 Å². The van der Waals surface area contributed by atoms with Gasteiger partial charge in [0.05, 0.1) is 17.9 Å².